The average Bonchev–Trinajstić information content (AvgIpc) is 2.68. The van der Waals surface area contributed by atoms with Crippen LogP contribution in [0.3, 0.4) is 0 Å². The molecule has 1 unspecified atom stereocenters. The molecule has 1 atom stereocenters. The molecule has 0 amide bonds. The van der Waals surface area contributed by atoms with Crippen LogP contribution in [0.25, 0.3) is 0 Å². The number of rotatable bonds is 7. The number of hydrogen-bond acceptors (Lipinski definition) is 3. The van der Waals surface area contributed by atoms with Crippen molar-refractivity contribution in [3.63, 3.8) is 0 Å². The van der Waals surface area contributed by atoms with Gasteiger partial charge >= 0.3 is 0 Å². The highest BCUT2D eigenvalue weighted by atomic mass is 31.2. The van der Waals surface area contributed by atoms with E-state index in [9.17, 15) is 4.57 Å². The Morgan fingerprint density at radius 1 is 1.20 bits per heavy atom. The van der Waals surface area contributed by atoms with E-state index in [0.717, 1.165) is 6.16 Å². The highest BCUT2D eigenvalue weighted by Crippen LogP contribution is 2.50. The van der Waals surface area contributed by atoms with Crippen molar-refractivity contribution in [2.45, 2.75) is 39.5 Å². The fourth-order valence-corrected chi connectivity index (χ4v) is 4.56. The van der Waals surface area contributed by atoms with Crippen LogP contribution in [0.5, 0.6) is 0 Å². The van der Waals surface area contributed by atoms with Crippen molar-refractivity contribution >= 4 is 7.37 Å². The molecule has 0 aromatic heterocycles. The summed E-state index contributed by atoms with van der Waals surface area (Å²) in [6.45, 7) is 4.96. The second-order valence-corrected chi connectivity index (χ2v) is 6.70. The normalized spacial score (nSPS) is 21.7. The maximum Gasteiger partial charge on any atom is 0.228 e. The molecule has 0 aliphatic heterocycles. The predicted molar refractivity (Wildman–Crippen MR) is 62.6 cm³/mol. The summed E-state index contributed by atoms with van der Waals surface area (Å²) in [6, 6.07) is 0. The Balaban J connectivity index is 2.43. The second kappa shape index (κ2) is 6.67. The molecule has 1 rings (SSSR count). The largest absolute Gasteiger partial charge is 0.372 e. The minimum Gasteiger partial charge on any atom is -0.372 e. The van der Waals surface area contributed by atoms with Gasteiger partial charge < -0.3 is 9.26 Å². The van der Waals surface area contributed by atoms with E-state index in [0.29, 0.717) is 25.5 Å². The van der Waals surface area contributed by atoms with Gasteiger partial charge in [-0.25, -0.2) is 0 Å². The van der Waals surface area contributed by atoms with E-state index in [1.54, 1.807) is 0 Å². The third-order valence-electron chi connectivity index (χ3n) is 2.87. The van der Waals surface area contributed by atoms with Crippen LogP contribution >= 0.6 is 7.37 Å². The van der Waals surface area contributed by atoms with Gasteiger partial charge in [0, 0.05) is 12.8 Å². The van der Waals surface area contributed by atoms with Gasteiger partial charge in [-0.05, 0) is 32.6 Å². The Bertz CT molecular complexity index is 212. The molecule has 0 aromatic carbocycles. The average molecular weight is 234 g/mol. The first-order valence-electron chi connectivity index (χ1n) is 6.00. The van der Waals surface area contributed by atoms with Gasteiger partial charge in [-0.2, -0.15) is 0 Å². The molecule has 1 aliphatic rings. The minimum atomic E-state index is -2.51. The van der Waals surface area contributed by atoms with Crippen molar-refractivity contribution in [1.29, 1.82) is 0 Å². The SMILES string of the molecule is CCOCP(=O)(CC1CCCC1)OCC. The molecule has 1 saturated carbocycles. The molecule has 1 aliphatic carbocycles. The van der Waals surface area contributed by atoms with Gasteiger partial charge in [0.15, 0.2) is 0 Å². The number of ether oxygens (including phenoxy) is 1. The summed E-state index contributed by atoms with van der Waals surface area (Å²) in [5.74, 6) is 0.600. The summed E-state index contributed by atoms with van der Waals surface area (Å²) >= 11 is 0. The first-order chi connectivity index (χ1) is 7.20. The van der Waals surface area contributed by atoms with Gasteiger partial charge in [0.2, 0.25) is 7.37 Å². The van der Waals surface area contributed by atoms with Crippen LogP contribution < -0.4 is 0 Å². The highest BCUT2D eigenvalue weighted by molar-refractivity contribution is 7.58. The molecule has 15 heavy (non-hydrogen) atoms. The van der Waals surface area contributed by atoms with Crippen LogP contribution in [0.1, 0.15) is 39.5 Å². The zero-order valence-corrected chi connectivity index (χ0v) is 10.8. The lowest BCUT2D eigenvalue weighted by Gasteiger charge is -2.20. The van der Waals surface area contributed by atoms with Gasteiger partial charge in [0.1, 0.15) is 6.35 Å². The summed E-state index contributed by atoms with van der Waals surface area (Å²) in [4.78, 5) is 0. The van der Waals surface area contributed by atoms with E-state index in [-0.39, 0.29) is 0 Å². The van der Waals surface area contributed by atoms with Crippen molar-refractivity contribution < 1.29 is 13.8 Å². The zero-order chi connectivity index (χ0) is 11.1. The standard InChI is InChI=1S/C11H23O3P/c1-3-13-10-15(12,14-4-2)9-11-7-5-6-8-11/h11H,3-10H2,1-2H3. The fourth-order valence-electron chi connectivity index (χ4n) is 2.19. The van der Waals surface area contributed by atoms with Crippen LogP contribution in [0.2, 0.25) is 0 Å². The summed E-state index contributed by atoms with van der Waals surface area (Å²) in [7, 11) is -2.51. The molecule has 0 saturated heterocycles. The molecule has 0 N–H and O–H groups in total. The Morgan fingerprint density at radius 2 is 1.87 bits per heavy atom. The predicted octanol–water partition coefficient (Wildman–Crippen LogP) is 3.49. The smallest absolute Gasteiger partial charge is 0.228 e. The Hall–Kier alpha value is 0.150. The topological polar surface area (TPSA) is 35.5 Å². The van der Waals surface area contributed by atoms with E-state index in [2.05, 4.69) is 0 Å². The molecular weight excluding hydrogens is 211 g/mol. The third-order valence-corrected chi connectivity index (χ3v) is 5.25. The lowest BCUT2D eigenvalue weighted by atomic mass is 10.1. The van der Waals surface area contributed by atoms with Crippen molar-refractivity contribution in [3.8, 4) is 0 Å². The van der Waals surface area contributed by atoms with E-state index in [1.807, 2.05) is 13.8 Å². The quantitative estimate of drug-likeness (QED) is 0.632. The van der Waals surface area contributed by atoms with Gasteiger partial charge in [-0.3, -0.25) is 4.57 Å². The lowest BCUT2D eigenvalue weighted by Crippen LogP contribution is -2.09. The summed E-state index contributed by atoms with van der Waals surface area (Å²) < 4.78 is 23.1. The molecule has 0 radical (unpaired) electrons. The monoisotopic (exact) mass is 234 g/mol. The summed E-state index contributed by atoms with van der Waals surface area (Å²) in [5, 5.41) is 0. The zero-order valence-electron chi connectivity index (χ0n) is 9.91. The van der Waals surface area contributed by atoms with Gasteiger partial charge in [-0.15, -0.1) is 0 Å². The highest BCUT2D eigenvalue weighted by Gasteiger charge is 2.29. The molecule has 1 fully saturated rings. The van der Waals surface area contributed by atoms with Gasteiger partial charge in [0.05, 0.1) is 6.61 Å². The van der Waals surface area contributed by atoms with E-state index in [4.69, 9.17) is 9.26 Å². The van der Waals surface area contributed by atoms with Crippen LogP contribution in [0.15, 0.2) is 0 Å². The van der Waals surface area contributed by atoms with Crippen LogP contribution in [-0.4, -0.2) is 25.7 Å². The Morgan fingerprint density at radius 3 is 2.40 bits per heavy atom. The maximum atomic E-state index is 12.4. The van der Waals surface area contributed by atoms with E-state index in [1.165, 1.54) is 25.7 Å². The van der Waals surface area contributed by atoms with Crippen molar-refractivity contribution in [2.24, 2.45) is 5.92 Å². The van der Waals surface area contributed by atoms with Gasteiger partial charge in [0.25, 0.3) is 0 Å². The first-order valence-corrected chi connectivity index (χ1v) is 8.00. The van der Waals surface area contributed by atoms with Crippen molar-refractivity contribution in [2.75, 3.05) is 25.7 Å². The van der Waals surface area contributed by atoms with Crippen LogP contribution in [0, 0.1) is 5.92 Å². The van der Waals surface area contributed by atoms with Crippen molar-refractivity contribution in [1.82, 2.24) is 0 Å². The minimum absolute atomic E-state index is 0.299. The van der Waals surface area contributed by atoms with Crippen LogP contribution in [-0.2, 0) is 13.8 Å². The maximum absolute atomic E-state index is 12.4. The van der Waals surface area contributed by atoms with Crippen LogP contribution in [0.4, 0.5) is 0 Å². The Labute approximate surface area is 93.0 Å². The molecule has 0 aromatic rings. The summed E-state index contributed by atoms with van der Waals surface area (Å²) in [5.41, 5.74) is 0. The molecule has 0 heterocycles. The molecule has 4 heteroatoms. The second-order valence-electron chi connectivity index (χ2n) is 4.19. The molecular formula is C11H23O3P. The molecule has 0 bridgehead atoms. The third kappa shape index (κ3) is 4.67. The van der Waals surface area contributed by atoms with E-state index < -0.39 is 7.37 Å². The first kappa shape index (κ1) is 13.2. The molecule has 90 valence electrons. The van der Waals surface area contributed by atoms with Crippen molar-refractivity contribution in [3.05, 3.63) is 0 Å². The molecule has 3 nitrogen and oxygen atoms in total. The molecule has 0 spiro atoms. The number of hydrogen-bond donors (Lipinski definition) is 0. The fraction of sp³-hybridized carbons (Fsp3) is 1.00. The van der Waals surface area contributed by atoms with E-state index >= 15 is 0 Å². The lowest BCUT2D eigenvalue weighted by molar-refractivity contribution is 0.174. The summed E-state index contributed by atoms with van der Waals surface area (Å²) in [6.07, 6.45) is 6.01. The van der Waals surface area contributed by atoms with Gasteiger partial charge in [-0.1, -0.05) is 12.8 Å². The Kier molecular flexibility index (Phi) is 5.88.